The first kappa shape index (κ1) is 14.0. The number of nitrogens with two attached hydrogens (primary N) is 1. The lowest BCUT2D eigenvalue weighted by molar-refractivity contribution is -0.142. The zero-order valence-corrected chi connectivity index (χ0v) is 11.6. The number of hydrogen-bond donors (Lipinski definition) is 2. The fraction of sp³-hybridized carbons (Fsp3) is 0.200. The number of hydrogen-bond acceptors (Lipinski definition) is 5. The molecular weight excluding hydrogens is 284 g/mol. The van der Waals surface area contributed by atoms with E-state index in [0.717, 1.165) is 11.1 Å². The minimum Gasteiger partial charge on any atom is -0.480 e. The van der Waals surface area contributed by atoms with Gasteiger partial charge in [0.2, 0.25) is 0 Å². The predicted molar refractivity (Wildman–Crippen MR) is 77.9 cm³/mol. The fourth-order valence-electron chi connectivity index (χ4n) is 2.61. The van der Waals surface area contributed by atoms with Crippen molar-refractivity contribution < 1.29 is 14.7 Å². The molecule has 1 aliphatic heterocycles. The lowest BCUT2D eigenvalue weighted by atomic mass is 9.93. The van der Waals surface area contributed by atoms with Crippen molar-refractivity contribution in [2.45, 2.75) is 19.0 Å². The molecule has 1 atom stereocenters. The Balaban J connectivity index is 1.99. The van der Waals surface area contributed by atoms with E-state index in [9.17, 15) is 14.7 Å². The van der Waals surface area contributed by atoms with Crippen molar-refractivity contribution in [3.63, 3.8) is 0 Å². The molecule has 3 rings (SSSR count). The maximum Gasteiger partial charge on any atom is 0.326 e. The highest BCUT2D eigenvalue weighted by molar-refractivity contribution is 5.98. The van der Waals surface area contributed by atoms with Crippen LogP contribution in [0.3, 0.4) is 0 Å². The Labute approximate surface area is 126 Å². The summed E-state index contributed by atoms with van der Waals surface area (Å²) in [5, 5.41) is 9.44. The summed E-state index contributed by atoms with van der Waals surface area (Å²) < 4.78 is 0. The molecular formula is C15H14N4O3. The first-order valence-electron chi connectivity index (χ1n) is 6.75. The Morgan fingerprint density at radius 2 is 1.86 bits per heavy atom. The number of amides is 1. The van der Waals surface area contributed by atoms with Crippen LogP contribution < -0.4 is 5.73 Å². The number of carbonyl (C=O) groups excluding carboxylic acids is 1. The number of aromatic nitrogens is 2. The van der Waals surface area contributed by atoms with E-state index in [2.05, 4.69) is 9.97 Å². The third-order valence-corrected chi connectivity index (χ3v) is 3.72. The van der Waals surface area contributed by atoms with Gasteiger partial charge in [0.05, 0.1) is 0 Å². The molecule has 2 heterocycles. The van der Waals surface area contributed by atoms with Crippen LogP contribution in [0, 0.1) is 0 Å². The van der Waals surface area contributed by atoms with Crippen LogP contribution in [0.15, 0.2) is 36.7 Å². The molecule has 112 valence electrons. The Kier molecular flexibility index (Phi) is 3.46. The van der Waals surface area contributed by atoms with E-state index < -0.39 is 17.9 Å². The van der Waals surface area contributed by atoms with Gasteiger partial charge in [-0.15, -0.1) is 0 Å². The van der Waals surface area contributed by atoms with Gasteiger partial charge >= 0.3 is 5.97 Å². The molecule has 3 N–H and O–H groups in total. The van der Waals surface area contributed by atoms with Crippen molar-refractivity contribution in [3.8, 4) is 0 Å². The van der Waals surface area contributed by atoms with Crippen molar-refractivity contribution in [1.82, 2.24) is 14.9 Å². The van der Waals surface area contributed by atoms with Crippen LogP contribution in [0.25, 0.3) is 0 Å². The second-order valence-corrected chi connectivity index (χ2v) is 5.05. The molecule has 0 saturated carbocycles. The van der Waals surface area contributed by atoms with Crippen LogP contribution in [0.1, 0.15) is 21.6 Å². The van der Waals surface area contributed by atoms with Crippen LogP contribution in [0.2, 0.25) is 0 Å². The standard InChI is InChI=1S/C15H14N4O3/c16-13-12(17-5-6-18-13)14(20)19-8-10-4-2-1-3-9(10)7-11(19)15(21)22/h1-6,11H,7-8H2,(H2,16,18)(H,21,22)/t11-/m0/s1. The largest absolute Gasteiger partial charge is 0.480 e. The fourth-order valence-corrected chi connectivity index (χ4v) is 2.61. The molecule has 2 aromatic rings. The van der Waals surface area contributed by atoms with Gasteiger partial charge in [0.1, 0.15) is 6.04 Å². The van der Waals surface area contributed by atoms with E-state index in [1.165, 1.54) is 17.3 Å². The number of aliphatic carboxylic acids is 1. The van der Waals surface area contributed by atoms with Crippen molar-refractivity contribution >= 4 is 17.7 Å². The molecule has 1 amide bonds. The summed E-state index contributed by atoms with van der Waals surface area (Å²) in [5.41, 5.74) is 7.52. The van der Waals surface area contributed by atoms with E-state index in [-0.39, 0.29) is 24.5 Å². The van der Waals surface area contributed by atoms with Gasteiger partial charge in [-0.1, -0.05) is 24.3 Å². The number of carboxylic acid groups (broad SMARTS) is 1. The SMILES string of the molecule is Nc1nccnc1C(=O)N1Cc2ccccc2C[C@H]1C(=O)O. The Morgan fingerprint density at radius 3 is 2.55 bits per heavy atom. The number of rotatable bonds is 2. The smallest absolute Gasteiger partial charge is 0.326 e. The van der Waals surface area contributed by atoms with Crippen LogP contribution in [0.5, 0.6) is 0 Å². The van der Waals surface area contributed by atoms with Crippen LogP contribution in [-0.4, -0.2) is 37.9 Å². The van der Waals surface area contributed by atoms with Gasteiger partial charge in [-0.2, -0.15) is 0 Å². The lowest BCUT2D eigenvalue weighted by Gasteiger charge is -2.34. The molecule has 7 nitrogen and oxygen atoms in total. The zero-order chi connectivity index (χ0) is 15.7. The minimum atomic E-state index is -1.05. The Hall–Kier alpha value is -2.96. The molecule has 1 aromatic carbocycles. The lowest BCUT2D eigenvalue weighted by Crippen LogP contribution is -2.49. The number of nitrogens with zero attached hydrogens (tertiary/aromatic N) is 3. The molecule has 1 aromatic heterocycles. The summed E-state index contributed by atoms with van der Waals surface area (Å²) in [6.07, 6.45) is 3.00. The van der Waals surface area contributed by atoms with Gasteiger partial charge in [0.25, 0.3) is 5.91 Å². The normalized spacial score (nSPS) is 16.9. The Bertz CT molecular complexity index is 747. The molecule has 1 aliphatic rings. The highest BCUT2D eigenvalue weighted by Gasteiger charge is 2.36. The predicted octanol–water partition coefficient (Wildman–Crippen LogP) is 0.710. The van der Waals surface area contributed by atoms with E-state index in [4.69, 9.17) is 5.73 Å². The highest BCUT2D eigenvalue weighted by atomic mass is 16.4. The molecule has 0 spiro atoms. The Morgan fingerprint density at radius 1 is 1.18 bits per heavy atom. The summed E-state index contributed by atoms with van der Waals surface area (Å²) in [5.74, 6) is -1.58. The van der Waals surface area contributed by atoms with E-state index >= 15 is 0 Å². The number of benzene rings is 1. The zero-order valence-electron chi connectivity index (χ0n) is 11.6. The van der Waals surface area contributed by atoms with Crippen molar-refractivity contribution in [1.29, 1.82) is 0 Å². The number of carbonyl (C=O) groups is 2. The molecule has 0 fully saturated rings. The third kappa shape index (κ3) is 2.37. The summed E-state index contributed by atoms with van der Waals surface area (Å²) >= 11 is 0. The van der Waals surface area contributed by atoms with Gasteiger partial charge < -0.3 is 15.7 Å². The van der Waals surface area contributed by atoms with Crippen molar-refractivity contribution in [2.75, 3.05) is 5.73 Å². The van der Waals surface area contributed by atoms with Crippen LogP contribution in [-0.2, 0) is 17.8 Å². The maximum absolute atomic E-state index is 12.6. The van der Waals surface area contributed by atoms with Crippen molar-refractivity contribution in [2.24, 2.45) is 0 Å². The van der Waals surface area contributed by atoms with E-state index in [0.29, 0.717) is 0 Å². The average molecular weight is 298 g/mol. The quantitative estimate of drug-likeness (QED) is 0.845. The molecule has 0 aliphatic carbocycles. The van der Waals surface area contributed by atoms with Gasteiger partial charge in [-0.25, -0.2) is 14.8 Å². The molecule has 0 unspecified atom stereocenters. The monoisotopic (exact) mass is 298 g/mol. The van der Waals surface area contributed by atoms with Crippen LogP contribution >= 0.6 is 0 Å². The average Bonchev–Trinajstić information content (AvgIpc) is 2.53. The summed E-state index contributed by atoms with van der Waals surface area (Å²) in [4.78, 5) is 33.2. The van der Waals surface area contributed by atoms with Gasteiger partial charge in [-0.3, -0.25) is 4.79 Å². The molecule has 0 radical (unpaired) electrons. The minimum absolute atomic E-state index is 0.00417. The first-order valence-corrected chi connectivity index (χ1v) is 6.75. The summed E-state index contributed by atoms with van der Waals surface area (Å²) in [7, 11) is 0. The number of anilines is 1. The highest BCUT2D eigenvalue weighted by Crippen LogP contribution is 2.25. The topological polar surface area (TPSA) is 109 Å². The molecule has 0 saturated heterocycles. The van der Waals surface area contributed by atoms with E-state index in [1.54, 1.807) is 0 Å². The first-order chi connectivity index (χ1) is 10.6. The maximum atomic E-state index is 12.6. The third-order valence-electron chi connectivity index (χ3n) is 3.72. The van der Waals surface area contributed by atoms with E-state index in [1.807, 2.05) is 24.3 Å². The number of nitrogen functional groups attached to an aromatic ring is 1. The van der Waals surface area contributed by atoms with Gasteiger partial charge in [0, 0.05) is 25.4 Å². The molecule has 7 heteroatoms. The second kappa shape index (κ2) is 5.44. The summed E-state index contributed by atoms with van der Waals surface area (Å²) in [6.45, 7) is 0.210. The number of fused-ring (bicyclic) bond motifs is 1. The second-order valence-electron chi connectivity index (χ2n) is 5.05. The summed E-state index contributed by atoms with van der Waals surface area (Å²) in [6, 6.07) is 6.54. The molecule has 22 heavy (non-hydrogen) atoms. The molecule has 0 bridgehead atoms. The van der Waals surface area contributed by atoms with Crippen LogP contribution in [0.4, 0.5) is 5.82 Å². The van der Waals surface area contributed by atoms with Gasteiger partial charge in [-0.05, 0) is 11.1 Å². The van der Waals surface area contributed by atoms with Gasteiger partial charge in [0.15, 0.2) is 11.5 Å². The van der Waals surface area contributed by atoms with Crippen molar-refractivity contribution in [3.05, 3.63) is 53.5 Å². The number of carboxylic acids is 1.